The van der Waals surface area contributed by atoms with Gasteiger partial charge in [-0.1, -0.05) is 19.0 Å². The van der Waals surface area contributed by atoms with Crippen molar-refractivity contribution in [3.05, 3.63) is 11.7 Å². The number of hydrogen-bond donors (Lipinski definition) is 1. The third-order valence-corrected chi connectivity index (χ3v) is 3.11. The standard InChI is InChI=1S/C12H18N4O3/c1-7(2)11-12(18)13-6-10(17)16(11)5-4-9-14-8(3)15-19-9/h7,11H,4-6H2,1-3H3,(H,13,18). The molecule has 0 radical (unpaired) electrons. The topological polar surface area (TPSA) is 88.3 Å². The molecule has 1 N–H and O–H groups in total. The second-order valence-electron chi connectivity index (χ2n) is 4.98. The Kier molecular flexibility index (Phi) is 3.82. The van der Waals surface area contributed by atoms with Crippen LogP contribution in [0.4, 0.5) is 0 Å². The maximum absolute atomic E-state index is 11.9. The lowest BCUT2D eigenvalue weighted by Crippen LogP contribution is -2.60. The highest BCUT2D eigenvalue weighted by molar-refractivity contribution is 5.94. The third kappa shape index (κ3) is 2.91. The van der Waals surface area contributed by atoms with Crippen molar-refractivity contribution in [2.45, 2.75) is 33.2 Å². The Morgan fingerprint density at radius 1 is 1.47 bits per heavy atom. The molecular formula is C12H18N4O3. The van der Waals surface area contributed by atoms with Crippen molar-refractivity contribution in [1.29, 1.82) is 0 Å². The van der Waals surface area contributed by atoms with Crippen LogP contribution in [0.15, 0.2) is 4.52 Å². The lowest BCUT2D eigenvalue weighted by molar-refractivity contribution is -0.147. The molecule has 0 aliphatic carbocycles. The number of piperazine rings is 1. The van der Waals surface area contributed by atoms with Gasteiger partial charge in [0.1, 0.15) is 6.04 Å². The Morgan fingerprint density at radius 2 is 2.21 bits per heavy atom. The van der Waals surface area contributed by atoms with Crippen LogP contribution in [0.2, 0.25) is 0 Å². The van der Waals surface area contributed by atoms with E-state index in [4.69, 9.17) is 4.52 Å². The van der Waals surface area contributed by atoms with Crippen LogP contribution in [0.1, 0.15) is 25.6 Å². The fourth-order valence-electron chi connectivity index (χ4n) is 2.25. The van der Waals surface area contributed by atoms with E-state index < -0.39 is 6.04 Å². The largest absolute Gasteiger partial charge is 0.345 e. The molecule has 19 heavy (non-hydrogen) atoms. The number of carbonyl (C=O) groups excluding carboxylic acids is 2. The number of rotatable bonds is 4. The summed E-state index contributed by atoms with van der Waals surface area (Å²) in [4.78, 5) is 29.5. The number of aryl methyl sites for hydroxylation is 1. The summed E-state index contributed by atoms with van der Waals surface area (Å²) in [6, 6.07) is -0.426. The predicted octanol–water partition coefficient (Wildman–Crippen LogP) is -0.0965. The second kappa shape index (κ2) is 5.38. The number of nitrogens with one attached hydrogen (secondary N) is 1. The summed E-state index contributed by atoms with van der Waals surface area (Å²) in [6.07, 6.45) is 0.461. The predicted molar refractivity (Wildman–Crippen MR) is 66.1 cm³/mol. The van der Waals surface area contributed by atoms with Gasteiger partial charge in [0.15, 0.2) is 5.82 Å². The van der Waals surface area contributed by atoms with E-state index in [0.29, 0.717) is 24.7 Å². The molecule has 7 nitrogen and oxygen atoms in total. The molecule has 2 amide bonds. The molecule has 1 fully saturated rings. The summed E-state index contributed by atoms with van der Waals surface area (Å²) in [5, 5.41) is 6.31. The van der Waals surface area contributed by atoms with Crippen LogP contribution >= 0.6 is 0 Å². The Hall–Kier alpha value is -1.92. The smallest absolute Gasteiger partial charge is 0.243 e. The van der Waals surface area contributed by atoms with Crippen molar-refractivity contribution in [3.63, 3.8) is 0 Å². The Labute approximate surface area is 111 Å². The third-order valence-electron chi connectivity index (χ3n) is 3.11. The minimum absolute atomic E-state index is 0.0604. The Bertz CT molecular complexity index is 483. The molecule has 2 rings (SSSR count). The van der Waals surface area contributed by atoms with E-state index in [-0.39, 0.29) is 24.3 Å². The monoisotopic (exact) mass is 266 g/mol. The highest BCUT2D eigenvalue weighted by Crippen LogP contribution is 2.15. The summed E-state index contributed by atoms with van der Waals surface area (Å²) in [5.41, 5.74) is 0. The van der Waals surface area contributed by atoms with Gasteiger partial charge in [-0.3, -0.25) is 9.59 Å². The zero-order valence-corrected chi connectivity index (χ0v) is 11.3. The van der Waals surface area contributed by atoms with Gasteiger partial charge in [-0.25, -0.2) is 0 Å². The van der Waals surface area contributed by atoms with Gasteiger partial charge in [0.25, 0.3) is 0 Å². The number of amides is 2. The lowest BCUT2D eigenvalue weighted by atomic mass is 9.99. The first-order chi connectivity index (χ1) is 8.99. The van der Waals surface area contributed by atoms with Crippen molar-refractivity contribution >= 4 is 11.8 Å². The molecule has 1 aliphatic rings. The normalized spacial score (nSPS) is 20.0. The molecular weight excluding hydrogens is 248 g/mol. The molecule has 1 aromatic rings. The molecule has 1 unspecified atom stereocenters. The van der Waals surface area contributed by atoms with Gasteiger partial charge >= 0.3 is 0 Å². The van der Waals surface area contributed by atoms with Gasteiger partial charge in [-0.2, -0.15) is 4.98 Å². The quantitative estimate of drug-likeness (QED) is 0.822. The molecule has 2 heterocycles. The van der Waals surface area contributed by atoms with Gasteiger partial charge in [-0.15, -0.1) is 0 Å². The molecule has 7 heteroatoms. The van der Waals surface area contributed by atoms with Crippen molar-refractivity contribution < 1.29 is 14.1 Å². The highest BCUT2D eigenvalue weighted by atomic mass is 16.5. The number of nitrogens with zero attached hydrogens (tertiary/aromatic N) is 3. The molecule has 1 saturated heterocycles. The van der Waals surface area contributed by atoms with Crippen LogP contribution in [0.3, 0.4) is 0 Å². The number of aromatic nitrogens is 2. The van der Waals surface area contributed by atoms with E-state index in [1.165, 1.54) is 0 Å². The van der Waals surface area contributed by atoms with Crippen LogP contribution in [-0.2, 0) is 16.0 Å². The summed E-state index contributed by atoms with van der Waals surface area (Å²) < 4.78 is 5.01. The SMILES string of the molecule is Cc1noc(CCN2C(=O)CNC(=O)C2C(C)C)n1. The maximum Gasteiger partial charge on any atom is 0.243 e. The van der Waals surface area contributed by atoms with Crippen molar-refractivity contribution in [1.82, 2.24) is 20.4 Å². The van der Waals surface area contributed by atoms with E-state index in [9.17, 15) is 9.59 Å². The minimum atomic E-state index is -0.426. The van der Waals surface area contributed by atoms with E-state index in [2.05, 4.69) is 15.5 Å². The zero-order chi connectivity index (χ0) is 14.0. The molecule has 1 aromatic heterocycles. The maximum atomic E-state index is 11.9. The first kappa shape index (κ1) is 13.5. The van der Waals surface area contributed by atoms with Crippen LogP contribution in [0.5, 0.6) is 0 Å². The van der Waals surface area contributed by atoms with E-state index in [1.54, 1.807) is 11.8 Å². The van der Waals surface area contributed by atoms with Crippen LogP contribution < -0.4 is 5.32 Å². The second-order valence-corrected chi connectivity index (χ2v) is 4.98. The summed E-state index contributed by atoms with van der Waals surface area (Å²) in [6.45, 7) is 6.06. The van der Waals surface area contributed by atoms with E-state index in [1.807, 2.05) is 13.8 Å². The summed E-state index contributed by atoms with van der Waals surface area (Å²) in [5.74, 6) is 0.941. The molecule has 0 saturated carbocycles. The Balaban J connectivity index is 2.06. The summed E-state index contributed by atoms with van der Waals surface area (Å²) in [7, 11) is 0. The van der Waals surface area contributed by atoms with Gasteiger partial charge in [-0.05, 0) is 12.8 Å². The average molecular weight is 266 g/mol. The van der Waals surface area contributed by atoms with Crippen molar-refractivity contribution in [2.75, 3.05) is 13.1 Å². The number of carbonyl (C=O) groups is 2. The summed E-state index contributed by atoms with van der Waals surface area (Å²) >= 11 is 0. The fraction of sp³-hybridized carbons (Fsp3) is 0.667. The molecule has 104 valence electrons. The highest BCUT2D eigenvalue weighted by Gasteiger charge is 2.36. The van der Waals surface area contributed by atoms with E-state index in [0.717, 1.165) is 0 Å². The van der Waals surface area contributed by atoms with Gasteiger partial charge in [0.2, 0.25) is 17.7 Å². The van der Waals surface area contributed by atoms with Crippen LogP contribution in [0, 0.1) is 12.8 Å². The zero-order valence-electron chi connectivity index (χ0n) is 11.3. The lowest BCUT2D eigenvalue weighted by Gasteiger charge is -2.36. The molecule has 0 aromatic carbocycles. The Morgan fingerprint density at radius 3 is 2.79 bits per heavy atom. The van der Waals surface area contributed by atoms with Crippen molar-refractivity contribution in [2.24, 2.45) is 5.92 Å². The minimum Gasteiger partial charge on any atom is -0.345 e. The molecule has 1 atom stereocenters. The van der Waals surface area contributed by atoms with E-state index >= 15 is 0 Å². The van der Waals surface area contributed by atoms with Crippen molar-refractivity contribution in [3.8, 4) is 0 Å². The first-order valence-corrected chi connectivity index (χ1v) is 6.35. The molecule has 0 spiro atoms. The number of hydrogen-bond acceptors (Lipinski definition) is 5. The van der Waals surface area contributed by atoms with Crippen LogP contribution in [0.25, 0.3) is 0 Å². The van der Waals surface area contributed by atoms with Gasteiger partial charge in [0, 0.05) is 13.0 Å². The van der Waals surface area contributed by atoms with Gasteiger partial charge < -0.3 is 14.7 Å². The fourth-order valence-corrected chi connectivity index (χ4v) is 2.25. The van der Waals surface area contributed by atoms with Gasteiger partial charge in [0.05, 0.1) is 6.54 Å². The van der Waals surface area contributed by atoms with Crippen LogP contribution in [-0.4, -0.2) is 46.0 Å². The first-order valence-electron chi connectivity index (χ1n) is 6.35. The molecule has 1 aliphatic heterocycles. The average Bonchev–Trinajstić information content (AvgIpc) is 2.75. The molecule has 0 bridgehead atoms.